The lowest BCUT2D eigenvalue weighted by atomic mass is 9.97. The summed E-state index contributed by atoms with van der Waals surface area (Å²) in [4.78, 5) is 27.3. The molecule has 2 rings (SSSR count). The molecule has 0 spiro atoms. The summed E-state index contributed by atoms with van der Waals surface area (Å²) in [6.07, 6.45) is 4.95. The smallest absolute Gasteiger partial charge is 0.251 e. The molecule has 134 valence electrons. The Hall–Kier alpha value is -1.42. The normalized spacial score (nSPS) is 17.0. The Morgan fingerprint density at radius 1 is 1.29 bits per heavy atom. The highest BCUT2D eigenvalue weighted by atomic mass is 16.1. The van der Waals surface area contributed by atoms with E-state index in [0.29, 0.717) is 12.3 Å². The number of carbonyl (C=O) groups is 1. The quantitative estimate of drug-likeness (QED) is 0.697. The van der Waals surface area contributed by atoms with E-state index < -0.39 is 0 Å². The van der Waals surface area contributed by atoms with Crippen molar-refractivity contribution in [2.45, 2.75) is 59.4 Å². The molecule has 0 N–H and O–H groups in total. The topological polar surface area (TPSA) is 42.3 Å². The minimum absolute atomic E-state index is 0.0635. The van der Waals surface area contributed by atoms with E-state index in [1.165, 1.54) is 13.1 Å². The molecule has 1 atom stereocenters. The highest BCUT2D eigenvalue weighted by Gasteiger charge is 2.23. The molecule has 1 aliphatic heterocycles. The lowest BCUT2D eigenvalue weighted by Crippen LogP contribution is -2.45. The van der Waals surface area contributed by atoms with E-state index in [1.807, 2.05) is 19.2 Å². The molecule has 1 fully saturated rings. The fraction of sp³-hybridized carbons (Fsp3) is 0.700. The summed E-state index contributed by atoms with van der Waals surface area (Å²) in [6, 6.07) is 3.22. The van der Waals surface area contributed by atoms with Crippen LogP contribution in [0.2, 0.25) is 0 Å². The van der Waals surface area contributed by atoms with Gasteiger partial charge in [0, 0.05) is 38.3 Å². The Kier molecular flexibility index (Phi) is 6.79. The first-order valence-electron chi connectivity index (χ1n) is 9.36. The van der Waals surface area contributed by atoms with Crippen molar-refractivity contribution < 1.29 is 4.79 Å². The number of aromatic nitrogens is 1. The number of rotatable bonds is 9. The third-order valence-electron chi connectivity index (χ3n) is 4.75. The maximum absolute atomic E-state index is 12.5. The molecule has 0 aromatic carbocycles. The number of ketones is 1. The van der Waals surface area contributed by atoms with Crippen molar-refractivity contribution >= 4 is 5.78 Å². The standard InChI is InChI=1S/C20H32N2O2/c1-5-6-19(23)18(11-15(2)3)22-14-17(7-8-20(22)24)9-10-21-12-16(4)13-21/h7-8,14-16,18H,5-6,9-13H2,1-4H3. The lowest BCUT2D eigenvalue weighted by Gasteiger charge is -2.37. The molecular weight excluding hydrogens is 300 g/mol. The molecule has 24 heavy (non-hydrogen) atoms. The third-order valence-corrected chi connectivity index (χ3v) is 4.75. The van der Waals surface area contributed by atoms with Gasteiger partial charge in [0.2, 0.25) is 0 Å². The Morgan fingerprint density at radius 2 is 2.00 bits per heavy atom. The van der Waals surface area contributed by atoms with E-state index in [9.17, 15) is 9.59 Å². The van der Waals surface area contributed by atoms with Crippen LogP contribution in [-0.4, -0.2) is 34.9 Å². The van der Waals surface area contributed by atoms with Crippen molar-refractivity contribution in [1.29, 1.82) is 0 Å². The second-order valence-electron chi connectivity index (χ2n) is 7.76. The molecule has 4 nitrogen and oxygen atoms in total. The fourth-order valence-corrected chi connectivity index (χ4v) is 3.50. The van der Waals surface area contributed by atoms with Gasteiger partial charge in [0.1, 0.15) is 0 Å². The van der Waals surface area contributed by atoms with E-state index in [0.717, 1.165) is 37.3 Å². The summed E-state index contributed by atoms with van der Waals surface area (Å²) in [5.74, 6) is 1.37. The SMILES string of the molecule is CCCC(=O)C(CC(C)C)n1cc(CCN2CC(C)C2)ccc1=O. The molecule has 2 heterocycles. The van der Waals surface area contributed by atoms with Gasteiger partial charge in [0.25, 0.3) is 5.56 Å². The largest absolute Gasteiger partial charge is 0.305 e. The van der Waals surface area contributed by atoms with Gasteiger partial charge in [-0.2, -0.15) is 0 Å². The molecule has 1 aromatic heterocycles. The van der Waals surface area contributed by atoms with Crippen LogP contribution in [0.1, 0.15) is 58.6 Å². The Labute approximate surface area is 145 Å². The van der Waals surface area contributed by atoms with Crippen LogP contribution in [-0.2, 0) is 11.2 Å². The van der Waals surface area contributed by atoms with Crippen molar-refractivity contribution in [3.05, 3.63) is 34.2 Å². The number of likely N-dealkylation sites (tertiary alicyclic amines) is 1. The monoisotopic (exact) mass is 332 g/mol. The maximum Gasteiger partial charge on any atom is 0.251 e. The zero-order valence-corrected chi connectivity index (χ0v) is 15.6. The Morgan fingerprint density at radius 3 is 2.58 bits per heavy atom. The summed E-state index contributed by atoms with van der Waals surface area (Å²) in [5, 5.41) is 0. The molecule has 0 saturated carbocycles. The predicted molar refractivity (Wildman–Crippen MR) is 98.4 cm³/mol. The van der Waals surface area contributed by atoms with E-state index >= 15 is 0 Å². The molecule has 0 bridgehead atoms. The van der Waals surface area contributed by atoms with Crippen LogP contribution in [0.25, 0.3) is 0 Å². The lowest BCUT2D eigenvalue weighted by molar-refractivity contribution is -0.122. The van der Waals surface area contributed by atoms with Crippen molar-refractivity contribution in [3.63, 3.8) is 0 Å². The number of hydrogen-bond acceptors (Lipinski definition) is 3. The Bertz CT molecular complexity index is 600. The van der Waals surface area contributed by atoms with Crippen LogP contribution >= 0.6 is 0 Å². The molecule has 4 heteroatoms. The van der Waals surface area contributed by atoms with Crippen LogP contribution in [0.15, 0.2) is 23.1 Å². The second kappa shape index (κ2) is 8.61. The molecule has 1 unspecified atom stereocenters. The first-order chi connectivity index (χ1) is 11.4. The summed E-state index contributed by atoms with van der Waals surface area (Å²) < 4.78 is 1.69. The van der Waals surface area contributed by atoms with Crippen molar-refractivity contribution in [2.75, 3.05) is 19.6 Å². The first kappa shape index (κ1) is 18.9. The van der Waals surface area contributed by atoms with E-state index in [4.69, 9.17) is 0 Å². The van der Waals surface area contributed by atoms with Crippen LogP contribution in [0.4, 0.5) is 0 Å². The summed E-state index contributed by atoms with van der Waals surface area (Å²) in [7, 11) is 0. The summed E-state index contributed by atoms with van der Waals surface area (Å²) >= 11 is 0. The number of pyridine rings is 1. The van der Waals surface area contributed by atoms with Crippen LogP contribution < -0.4 is 5.56 Å². The molecule has 0 radical (unpaired) electrons. The van der Waals surface area contributed by atoms with Crippen LogP contribution in [0.5, 0.6) is 0 Å². The maximum atomic E-state index is 12.5. The summed E-state index contributed by atoms with van der Waals surface area (Å²) in [6.45, 7) is 11.9. The fourth-order valence-electron chi connectivity index (χ4n) is 3.50. The van der Waals surface area contributed by atoms with Gasteiger partial charge in [-0.1, -0.05) is 33.8 Å². The van der Waals surface area contributed by atoms with Gasteiger partial charge in [-0.3, -0.25) is 9.59 Å². The van der Waals surface area contributed by atoms with Crippen molar-refractivity contribution in [3.8, 4) is 0 Å². The van der Waals surface area contributed by atoms with Gasteiger partial charge in [-0.25, -0.2) is 0 Å². The van der Waals surface area contributed by atoms with Gasteiger partial charge in [-0.15, -0.1) is 0 Å². The van der Waals surface area contributed by atoms with Gasteiger partial charge in [0.05, 0.1) is 6.04 Å². The number of nitrogens with zero attached hydrogens (tertiary/aromatic N) is 2. The average Bonchev–Trinajstić information content (AvgIpc) is 2.49. The minimum atomic E-state index is -0.318. The van der Waals surface area contributed by atoms with E-state index in [1.54, 1.807) is 10.6 Å². The van der Waals surface area contributed by atoms with Crippen molar-refractivity contribution in [1.82, 2.24) is 9.47 Å². The first-order valence-corrected chi connectivity index (χ1v) is 9.36. The number of hydrogen-bond donors (Lipinski definition) is 0. The molecule has 1 aliphatic rings. The van der Waals surface area contributed by atoms with Gasteiger partial charge in [0.15, 0.2) is 5.78 Å². The van der Waals surface area contributed by atoms with Gasteiger partial charge >= 0.3 is 0 Å². The van der Waals surface area contributed by atoms with E-state index in [-0.39, 0.29) is 17.4 Å². The predicted octanol–water partition coefficient (Wildman–Crippen LogP) is 3.30. The number of carbonyl (C=O) groups excluding carboxylic acids is 1. The van der Waals surface area contributed by atoms with Gasteiger partial charge < -0.3 is 9.47 Å². The molecule has 1 aromatic rings. The average molecular weight is 332 g/mol. The zero-order valence-electron chi connectivity index (χ0n) is 15.6. The minimum Gasteiger partial charge on any atom is -0.305 e. The van der Waals surface area contributed by atoms with E-state index in [2.05, 4.69) is 25.7 Å². The second-order valence-corrected chi connectivity index (χ2v) is 7.76. The number of Topliss-reactive ketones (excluding diaryl/α,β-unsaturated/α-hetero) is 1. The zero-order chi connectivity index (χ0) is 17.7. The highest BCUT2D eigenvalue weighted by Crippen LogP contribution is 2.20. The van der Waals surface area contributed by atoms with Crippen LogP contribution in [0, 0.1) is 11.8 Å². The third kappa shape index (κ3) is 5.04. The van der Waals surface area contributed by atoms with Crippen molar-refractivity contribution in [2.24, 2.45) is 11.8 Å². The highest BCUT2D eigenvalue weighted by molar-refractivity contribution is 5.82. The molecule has 1 saturated heterocycles. The Balaban J connectivity index is 2.14. The molecule has 0 aliphatic carbocycles. The summed E-state index contributed by atoms with van der Waals surface area (Å²) in [5.41, 5.74) is 1.08. The molecule has 0 amide bonds. The van der Waals surface area contributed by atoms with Crippen LogP contribution in [0.3, 0.4) is 0 Å². The molecular formula is C20H32N2O2. The van der Waals surface area contributed by atoms with Gasteiger partial charge in [-0.05, 0) is 36.7 Å².